The van der Waals surface area contributed by atoms with Crippen LogP contribution in [0.4, 0.5) is 0 Å². The molecule has 0 saturated heterocycles. The summed E-state index contributed by atoms with van der Waals surface area (Å²) >= 11 is 1.22. The maximum atomic E-state index is 9.82. The van der Waals surface area contributed by atoms with Gasteiger partial charge in [-0.3, -0.25) is 0 Å². The Hall–Kier alpha value is -0.940. The van der Waals surface area contributed by atoms with E-state index in [2.05, 4.69) is 9.59 Å². The Morgan fingerprint density at radius 1 is 1.62 bits per heavy atom. The van der Waals surface area contributed by atoms with Gasteiger partial charge in [0, 0.05) is 0 Å². The van der Waals surface area contributed by atoms with Gasteiger partial charge in [0.2, 0.25) is 0 Å². The summed E-state index contributed by atoms with van der Waals surface area (Å²) in [6.07, 6.45) is 4.51. The predicted molar refractivity (Wildman–Crippen MR) is 48.1 cm³/mol. The van der Waals surface area contributed by atoms with Crippen molar-refractivity contribution >= 4 is 11.5 Å². The standard InChI is InChI=1S/C8H10N2O2S/c11-8(7-4-9-10-13-7)6-2-1-3-12-5-6/h4-5,8,11H,1-3H2. The van der Waals surface area contributed by atoms with Crippen molar-refractivity contribution in [3.8, 4) is 0 Å². The highest BCUT2D eigenvalue weighted by Gasteiger charge is 2.17. The van der Waals surface area contributed by atoms with Gasteiger partial charge in [-0.1, -0.05) is 4.49 Å². The Morgan fingerprint density at radius 3 is 3.15 bits per heavy atom. The van der Waals surface area contributed by atoms with Crippen molar-refractivity contribution in [3.05, 3.63) is 22.9 Å². The first-order valence-electron chi connectivity index (χ1n) is 4.14. The Morgan fingerprint density at radius 2 is 2.54 bits per heavy atom. The van der Waals surface area contributed by atoms with E-state index in [0.29, 0.717) is 0 Å². The van der Waals surface area contributed by atoms with E-state index in [0.717, 1.165) is 29.9 Å². The molecule has 1 atom stereocenters. The lowest BCUT2D eigenvalue weighted by Gasteiger charge is -2.16. The van der Waals surface area contributed by atoms with Crippen LogP contribution in [-0.2, 0) is 4.74 Å². The van der Waals surface area contributed by atoms with E-state index in [9.17, 15) is 5.11 Å². The summed E-state index contributed by atoms with van der Waals surface area (Å²) in [5.41, 5.74) is 0.914. The summed E-state index contributed by atoms with van der Waals surface area (Å²) < 4.78 is 8.84. The van der Waals surface area contributed by atoms with Gasteiger partial charge in [0.05, 0.1) is 23.9 Å². The van der Waals surface area contributed by atoms with Gasteiger partial charge in [-0.15, -0.1) is 5.10 Å². The normalized spacial score (nSPS) is 19.0. The fourth-order valence-corrected chi connectivity index (χ4v) is 1.80. The molecule has 0 saturated carbocycles. The Balaban J connectivity index is 2.12. The van der Waals surface area contributed by atoms with E-state index in [1.165, 1.54) is 11.5 Å². The molecule has 1 N–H and O–H groups in total. The number of hydrogen-bond donors (Lipinski definition) is 1. The fourth-order valence-electron chi connectivity index (χ4n) is 1.26. The third kappa shape index (κ3) is 1.87. The highest BCUT2D eigenvalue weighted by atomic mass is 32.1. The number of nitrogens with zero attached hydrogens (tertiary/aromatic N) is 2. The molecule has 0 spiro atoms. The minimum atomic E-state index is -0.583. The Bertz CT molecular complexity index is 297. The highest BCUT2D eigenvalue weighted by Crippen LogP contribution is 2.28. The van der Waals surface area contributed by atoms with Crippen molar-refractivity contribution in [3.63, 3.8) is 0 Å². The third-order valence-corrected chi connectivity index (χ3v) is 2.68. The predicted octanol–water partition coefficient (Wildman–Crippen LogP) is 1.27. The lowest BCUT2D eigenvalue weighted by Crippen LogP contribution is -2.06. The Kier molecular flexibility index (Phi) is 2.56. The molecule has 2 rings (SSSR count). The van der Waals surface area contributed by atoms with Crippen molar-refractivity contribution in [1.29, 1.82) is 0 Å². The molecule has 0 radical (unpaired) electrons. The molecule has 13 heavy (non-hydrogen) atoms. The minimum Gasteiger partial charge on any atom is -0.501 e. The first-order chi connectivity index (χ1) is 6.38. The monoisotopic (exact) mass is 198 g/mol. The number of aliphatic hydroxyl groups is 1. The van der Waals surface area contributed by atoms with Gasteiger partial charge < -0.3 is 9.84 Å². The van der Waals surface area contributed by atoms with E-state index >= 15 is 0 Å². The van der Waals surface area contributed by atoms with Gasteiger partial charge in [-0.25, -0.2) is 0 Å². The molecule has 0 fully saturated rings. The summed E-state index contributed by atoms with van der Waals surface area (Å²) in [6.45, 7) is 0.747. The second-order valence-corrected chi connectivity index (χ2v) is 3.71. The van der Waals surface area contributed by atoms with E-state index < -0.39 is 6.10 Å². The van der Waals surface area contributed by atoms with Gasteiger partial charge in [-0.2, -0.15) is 0 Å². The van der Waals surface area contributed by atoms with Crippen molar-refractivity contribution in [2.45, 2.75) is 18.9 Å². The molecule has 1 aromatic heterocycles. The second-order valence-electron chi connectivity index (χ2n) is 2.89. The van der Waals surface area contributed by atoms with E-state index in [4.69, 9.17) is 4.74 Å². The molecule has 4 nitrogen and oxygen atoms in total. The summed E-state index contributed by atoms with van der Waals surface area (Å²) in [7, 11) is 0. The summed E-state index contributed by atoms with van der Waals surface area (Å²) in [5, 5.41) is 13.5. The molecular weight excluding hydrogens is 188 g/mol. The van der Waals surface area contributed by atoms with Crippen LogP contribution in [0.2, 0.25) is 0 Å². The van der Waals surface area contributed by atoms with Crippen LogP contribution < -0.4 is 0 Å². The third-order valence-electron chi connectivity index (χ3n) is 1.96. The van der Waals surface area contributed by atoms with Gasteiger partial charge >= 0.3 is 0 Å². The van der Waals surface area contributed by atoms with Crippen LogP contribution in [-0.4, -0.2) is 21.3 Å². The van der Waals surface area contributed by atoms with Gasteiger partial charge in [0.1, 0.15) is 6.10 Å². The van der Waals surface area contributed by atoms with Crippen molar-refractivity contribution < 1.29 is 9.84 Å². The van der Waals surface area contributed by atoms with Crippen LogP contribution in [0.25, 0.3) is 0 Å². The van der Waals surface area contributed by atoms with Crippen molar-refractivity contribution in [2.75, 3.05) is 6.61 Å². The van der Waals surface area contributed by atoms with Crippen LogP contribution in [0.5, 0.6) is 0 Å². The minimum absolute atomic E-state index is 0.583. The van der Waals surface area contributed by atoms with Gasteiger partial charge in [-0.05, 0) is 29.9 Å². The van der Waals surface area contributed by atoms with Crippen molar-refractivity contribution in [2.24, 2.45) is 0 Å². The van der Waals surface area contributed by atoms with Crippen LogP contribution in [0, 0.1) is 0 Å². The first kappa shape index (κ1) is 8.65. The average Bonchev–Trinajstić information content (AvgIpc) is 2.71. The molecule has 1 aliphatic heterocycles. The van der Waals surface area contributed by atoms with Gasteiger partial charge in [0.25, 0.3) is 0 Å². The highest BCUT2D eigenvalue weighted by molar-refractivity contribution is 7.05. The molecule has 1 unspecified atom stereocenters. The lowest BCUT2D eigenvalue weighted by atomic mass is 10.0. The largest absolute Gasteiger partial charge is 0.501 e. The van der Waals surface area contributed by atoms with Gasteiger partial charge in [0.15, 0.2) is 0 Å². The summed E-state index contributed by atoms with van der Waals surface area (Å²) in [5.74, 6) is 0. The van der Waals surface area contributed by atoms with Crippen LogP contribution in [0.15, 0.2) is 18.0 Å². The van der Waals surface area contributed by atoms with Crippen LogP contribution >= 0.6 is 11.5 Å². The molecule has 0 amide bonds. The average molecular weight is 198 g/mol. The first-order valence-corrected chi connectivity index (χ1v) is 4.91. The maximum Gasteiger partial charge on any atom is 0.116 e. The Labute approximate surface area is 80.0 Å². The smallest absolute Gasteiger partial charge is 0.116 e. The number of aromatic nitrogens is 2. The topological polar surface area (TPSA) is 55.2 Å². The number of rotatable bonds is 2. The van der Waals surface area contributed by atoms with E-state index in [1.807, 2.05) is 0 Å². The zero-order valence-electron chi connectivity index (χ0n) is 7.01. The number of hydrogen-bond acceptors (Lipinski definition) is 5. The summed E-state index contributed by atoms with van der Waals surface area (Å²) in [6, 6.07) is 0. The molecule has 1 aliphatic rings. The lowest BCUT2D eigenvalue weighted by molar-refractivity contribution is 0.172. The molecule has 2 heterocycles. The SMILES string of the molecule is OC(C1=COCCC1)c1cnns1. The second kappa shape index (κ2) is 3.85. The molecule has 1 aromatic rings. The van der Waals surface area contributed by atoms with Crippen molar-refractivity contribution in [1.82, 2.24) is 9.59 Å². The zero-order valence-corrected chi connectivity index (χ0v) is 7.83. The molecule has 0 aromatic carbocycles. The van der Waals surface area contributed by atoms with Crippen LogP contribution in [0.3, 0.4) is 0 Å². The summed E-state index contributed by atoms with van der Waals surface area (Å²) in [4.78, 5) is 0.775. The maximum absolute atomic E-state index is 9.82. The van der Waals surface area contributed by atoms with Crippen LogP contribution in [0.1, 0.15) is 23.8 Å². The molecule has 5 heteroatoms. The van der Waals surface area contributed by atoms with E-state index in [-0.39, 0.29) is 0 Å². The molecule has 0 aliphatic carbocycles. The molecular formula is C8H10N2O2S. The quantitative estimate of drug-likeness (QED) is 0.777. The number of ether oxygens (including phenoxy) is 1. The molecule has 70 valence electrons. The number of aliphatic hydroxyl groups excluding tert-OH is 1. The zero-order chi connectivity index (χ0) is 9.10. The fraction of sp³-hybridized carbons (Fsp3) is 0.500. The van der Waals surface area contributed by atoms with E-state index in [1.54, 1.807) is 12.5 Å². The molecule has 0 bridgehead atoms.